The summed E-state index contributed by atoms with van der Waals surface area (Å²) in [5.74, 6) is 0.227. The zero-order valence-corrected chi connectivity index (χ0v) is 13.9. The van der Waals surface area contributed by atoms with E-state index in [0.717, 1.165) is 25.0 Å². The summed E-state index contributed by atoms with van der Waals surface area (Å²) in [6, 6.07) is 6.89. The molecule has 1 aliphatic carbocycles. The third kappa shape index (κ3) is 4.75. The van der Waals surface area contributed by atoms with E-state index in [1.54, 1.807) is 0 Å². The summed E-state index contributed by atoms with van der Waals surface area (Å²) < 4.78 is 0. The minimum atomic E-state index is -0.774. The number of carboxylic acid groups (broad SMARTS) is 1. The predicted molar refractivity (Wildman–Crippen MR) is 88.1 cm³/mol. The molecule has 2 N–H and O–H groups in total. The number of carboxylic acids is 1. The molecule has 0 bridgehead atoms. The van der Waals surface area contributed by atoms with Crippen molar-refractivity contribution in [2.45, 2.75) is 62.9 Å². The van der Waals surface area contributed by atoms with E-state index in [4.69, 9.17) is 0 Å². The molecule has 1 aromatic rings. The van der Waals surface area contributed by atoms with Crippen molar-refractivity contribution in [2.75, 3.05) is 5.75 Å². The second kappa shape index (κ2) is 6.84. The lowest BCUT2D eigenvalue weighted by molar-refractivity contribution is -0.144. The standard InChI is InChI=1S/C17H25NO2S/c1-12-5-6-13(2)15(11-12)21-10-4-9-17(3,16(19)20)18-14-7-8-14/h5-6,11,14,18H,4,7-10H2,1-3H3,(H,19,20). The average Bonchev–Trinajstić information content (AvgIpc) is 3.22. The Bertz CT molecular complexity index is 514. The molecule has 1 aliphatic rings. The Morgan fingerprint density at radius 1 is 1.43 bits per heavy atom. The summed E-state index contributed by atoms with van der Waals surface area (Å²) in [7, 11) is 0. The molecule has 4 heteroatoms. The molecule has 1 aromatic carbocycles. The fourth-order valence-corrected chi connectivity index (χ4v) is 3.46. The van der Waals surface area contributed by atoms with Crippen molar-refractivity contribution in [2.24, 2.45) is 0 Å². The molecular formula is C17H25NO2S. The first-order chi connectivity index (χ1) is 9.90. The van der Waals surface area contributed by atoms with Gasteiger partial charge in [-0.2, -0.15) is 0 Å². The van der Waals surface area contributed by atoms with Gasteiger partial charge < -0.3 is 5.11 Å². The van der Waals surface area contributed by atoms with Gasteiger partial charge in [0.05, 0.1) is 0 Å². The van der Waals surface area contributed by atoms with Crippen LogP contribution in [0.15, 0.2) is 23.1 Å². The van der Waals surface area contributed by atoms with E-state index in [9.17, 15) is 9.90 Å². The van der Waals surface area contributed by atoms with Gasteiger partial charge in [-0.25, -0.2) is 0 Å². The van der Waals surface area contributed by atoms with Gasteiger partial charge in [0.2, 0.25) is 0 Å². The Labute approximate surface area is 131 Å². The molecule has 1 atom stereocenters. The summed E-state index contributed by atoms with van der Waals surface area (Å²) in [6.45, 7) is 6.04. The van der Waals surface area contributed by atoms with Gasteiger partial charge in [0.15, 0.2) is 0 Å². The Hall–Kier alpha value is -1.00. The SMILES string of the molecule is Cc1ccc(C)c(SCCCC(C)(NC2CC2)C(=O)O)c1. The largest absolute Gasteiger partial charge is 0.480 e. The molecule has 0 saturated heterocycles. The number of benzene rings is 1. The van der Waals surface area contributed by atoms with Crippen LogP contribution < -0.4 is 5.32 Å². The molecule has 0 amide bonds. The van der Waals surface area contributed by atoms with Gasteiger partial charge >= 0.3 is 5.97 Å². The Morgan fingerprint density at radius 2 is 2.14 bits per heavy atom. The van der Waals surface area contributed by atoms with Gasteiger partial charge in [-0.1, -0.05) is 17.7 Å². The van der Waals surface area contributed by atoms with Crippen molar-refractivity contribution < 1.29 is 9.90 Å². The maximum atomic E-state index is 11.5. The van der Waals surface area contributed by atoms with E-state index < -0.39 is 11.5 Å². The highest BCUT2D eigenvalue weighted by Gasteiger charge is 2.37. The van der Waals surface area contributed by atoms with Gasteiger partial charge in [0, 0.05) is 10.9 Å². The quantitative estimate of drug-likeness (QED) is 0.567. The number of aryl methyl sites for hydroxylation is 2. The van der Waals surface area contributed by atoms with Crippen LogP contribution in [0.5, 0.6) is 0 Å². The molecule has 0 aromatic heterocycles. The Balaban J connectivity index is 1.82. The summed E-state index contributed by atoms with van der Waals surface area (Å²) in [5.41, 5.74) is 1.79. The molecule has 2 rings (SSSR count). The van der Waals surface area contributed by atoms with Crippen LogP contribution in [-0.4, -0.2) is 28.4 Å². The smallest absolute Gasteiger partial charge is 0.323 e. The number of aliphatic carboxylic acids is 1. The summed E-state index contributed by atoms with van der Waals surface area (Å²) in [5, 5.41) is 12.7. The van der Waals surface area contributed by atoms with Crippen LogP contribution in [0.3, 0.4) is 0 Å². The molecule has 3 nitrogen and oxygen atoms in total. The van der Waals surface area contributed by atoms with Gasteiger partial charge in [-0.15, -0.1) is 11.8 Å². The highest BCUT2D eigenvalue weighted by Crippen LogP contribution is 2.28. The third-order valence-corrected chi connectivity index (χ3v) is 5.24. The zero-order chi connectivity index (χ0) is 15.5. The Morgan fingerprint density at radius 3 is 2.76 bits per heavy atom. The molecule has 1 fully saturated rings. The topological polar surface area (TPSA) is 49.3 Å². The van der Waals surface area contributed by atoms with Crippen molar-refractivity contribution in [3.05, 3.63) is 29.3 Å². The summed E-state index contributed by atoms with van der Waals surface area (Å²) in [4.78, 5) is 12.8. The van der Waals surface area contributed by atoms with Gasteiger partial charge in [0.25, 0.3) is 0 Å². The van der Waals surface area contributed by atoms with E-state index >= 15 is 0 Å². The number of carbonyl (C=O) groups is 1. The van der Waals surface area contributed by atoms with Crippen LogP contribution in [0, 0.1) is 13.8 Å². The number of thioether (sulfide) groups is 1. The molecule has 1 saturated carbocycles. The van der Waals surface area contributed by atoms with Crippen LogP contribution in [0.2, 0.25) is 0 Å². The van der Waals surface area contributed by atoms with E-state index in [1.807, 2.05) is 18.7 Å². The Kier molecular flexibility index (Phi) is 5.33. The predicted octanol–water partition coefficient (Wildman–Crippen LogP) is 3.77. The molecule has 0 spiro atoms. The highest BCUT2D eigenvalue weighted by molar-refractivity contribution is 7.99. The van der Waals surface area contributed by atoms with E-state index in [1.165, 1.54) is 16.0 Å². The van der Waals surface area contributed by atoms with Crippen molar-refractivity contribution in [1.82, 2.24) is 5.32 Å². The summed E-state index contributed by atoms with van der Waals surface area (Å²) >= 11 is 1.83. The average molecular weight is 307 g/mol. The van der Waals surface area contributed by atoms with E-state index in [-0.39, 0.29) is 0 Å². The van der Waals surface area contributed by atoms with Crippen molar-refractivity contribution >= 4 is 17.7 Å². The normalized spacial score (nSPS) is 17.5. The first-order valence-electron chi connectivity index (χ1n) is 7.62. The monoisotopic (exact) mass is 307 g/mol. The second-order valence-corrected chi connectivity index (χ2v) is 7.41. The lowest BCUT2D eigenvalue weighted by atomic mass is 9.96. The first kappa shape index (κ1) is 16.4. The maximum Gasteiger partial charge on any atom is 0.323 e. The van der Waals surface area contributed by atoms with E-state index in [2.05, 4.69) is 37.4 Å². The van der Waals surface area contributed by atoms with Gasteiger partial charge in [-0.05, 0) is 63.8 Å². The van der Waals surface area contributed by atoms with Crippen molar-refractivity contribution in [3.8, 4) is 0 Å². The third-order valence-electron chi connectivity index (χ3n) is 3.99. The van der Waals surface area contributed by atoms with Crippen LogP contribution in [0.4, 0.5) is 0 Å². The maximum absolute atomic E-state index is 11.5. The number of nitrogens with one attached hydrogen (secondary N) is 1. The van der Waals surface area contributed by atoms with Crippen LogP contribution in [0.1, 0.15) is 43.7 Å². The van der Waals surface area contributed by atoms with Crippen molar-refractivity contribution in [1.29, 1.82) is 0 Å². The van der Waals surface area contributed by atoms with Gasteiger partial charge in [0.1, 0.15) is 5.54 Å². The number of hydrogen-bond donors (Lipinski definition) is 2. The zero-order valence-electron chi connectivity index (χ0n) is 13.1. The fraction of sp³-hybridized carbons (Fsp3) is 0.588. The fourth-order valence-electron chi connectivity index (χ4n) is 2.39. The molecule has 0 aliphatic heterocycles. The molecular weight excluding hydrogens is 282 g/mol. The minimum absolute atomic E-state index is 0.415. The molecule has 21 heavy (non-hydrogen) atoms. The lowest BCUT2D eigenvalue weighted by Crippen LogP contribution is -2.50. The molecule has 116 valence electrons. The van der Waals surface area contributed by atoms with Crippen LogP contribution in [0.25, 0.3) is 0 Å². The van der Waals surface area contributed by atoms with Gasteiger partial charge in [-0.3, -0.25) is 10.1 Å². The lowest BCUT2D eigenvalue weighted by Gasteiger charge is -2.26. The van der Waals surface area contributed by atoms with Crippen LogP contribution >= 0.6 is 11.8 Å². The minimum Gasteiger partial charge on any atom is -0.480 e. The van der Waals surface area contributed by atoms with E-state index in [0.29, 0.717) is 12.5 Å². The molecule has 1 unspecified atom stereocenters. The number of hydrogen-bond acceptors (Lipinski definition) is 3. The molecule has 0 radical (unpaired) electrons. The highest BCUT2D eigenvalue weighted by atomic mass is 32.2. The number of rotatable bonds is 8. The first-order valence-corrected chi connectivity index (χ1v) is 8.60. The van der Waals surface area contributed by atoms with Crippen LogP contribution in [-0.2, 0) is 4.79 Å². The van der Waals surface area contributed by atoms with Crippen molar-refractivity contribution in [3.63, 3.8) is 0 Å². The second-order valence-electron chi connectivity index (χ2n) is 6.28. The summed E-state index contributed by atoms with van der Waals surface area (Å²) in [6.07, 6.45) is 3.80. The molecule has 0 heterocycles.